The molecule has 172 valence electrons. The Hall–Kier alpha value is -2.59. The summed E-state index contributed by atoms with van der Waals surface area (Å²) in [6, 6.07) is 4.85. The lowest BCUT2D eigenvalue weighted by Crippen LogP contribution is -2.40. The summed E-state index contributed by atoms with van der Waals surface area (Å²) in [5.41, 5.74) is 9.99. The van der Waals surface area contributed by atoms with E-state index in [1.807, 2.05) is 25.4 Å². The van der Waals surface area contributed by atoms with Gasteiger partial charge in [0.2, 0.25) is 0 Å². The number of nitrogens with zero attached hydrogens (tertiary/aromatic N) is 4. The van der Waals surface area contributed by atoms with Crippen LogP contribution in [0.5, 0.6) is 0 Å². The molecule has 4 rings (SSSR count). The molecule has 3 heterocycles. The highest BCUT2D eigenvalue weighted by Crippen LogP contribution is 2.35. The number of alkyl halides is 1. The molecule has 0 spiro atoms. The number of nitrogens with two attached hydrogens (primary N) is 1. The molecule has 1 aliphatic carbocycles. The molecule has 0 saturated carbocycles. The molecule has 0 amide bonds. The summed E-state index contributed by atoms with van der Waals surface area (Å²) in [6.45, 7) is 4.86. The molecule has 8 heteroatoms. The number of piperidine rings is 1. The lowest BCUT2D eigenvalue weighted by molar-refractivity contribution is 0.181. The first-order valence-electron chi connectivity index (χ1n) is 11.2. The van der Waals surface area contributed by atoms with E-state index in [1.54, 1.807) is 18.2 Å². The van der Waals surface area contributed by atoms with Crippen LogP contribution in [-0.2, 0) is 0 Å². The second kappa shape index (κ2) is 10.6. The number of hydrogen-bond acceptors (Lipinski definition) is 6. The van der Waals surface area contributed by atoms with Gasteiger partial charge < -0.3 is 11.1 Å². The summed E-state index contributed by atoms with van der Waals surface area (Å²) in [5, 5.41) is 20.3. The highest BCUT2D eigenvalue weighted by molar-refractivity contribution is 6.32. The molecule has 3 unspecified atom stereocenters. The van der Waals surface area contributed by atoms with Gasteiger partial charge in [0.25, 0.3) is 0 Å². The Morgan fingerprint density at radius 2 is 2.15 bits per heavy atom. The first-order valence-corrected chi connectivity index (χ1v) is 12.0. The fourth-order valence-electron chi connectivity index (χ4n) is 4.56. The molecule has 1 fully saturated rings. The molecule has 1 saturated heterocycles. The van der Waals surface area contributed by atoms with Crippen molar-refractivity contribution in [2.24, 2.45) is 16.8 Å². The van der Waals surface area contributed by atoms with Gasteiger partial charge in [-0.1, -0.05) is 23.8 Å². The van der Waals surface area contributed by atoms with Crippen molar-refractivity contribution in [2.45, 2.75) is 37.1 Å². The van der Waals surface area contributed by atoms with Gasteiger partial charge in [-0.2, -0.15) is 10.4 Å². The first-order chi connectivity index (χ1) is 16.0. The van der Waals surface area contributed by atoms with Crippen LogP contribution >= 0.6 is 23.2 Å². The Bertz CT molecular complexity index is 1070. The SMILES string of the molecule is Cc1ncc(C2C=NN(C3CCNCC3)C2)cc1C(=C\N)/C=C(/C#N)C1C(Cl)=CC=CC1Cl. The third-order valence-corrected chi connectivity index (χ3v) is 7.24. The zero-order valence-electron chi connectivity index (χ0n) is 18.6. The van der Waals surface area contributed by atoms with Crippen LogP contribution in [0, 0.1) is 24.2 Å². The van der Waals surface area contributed by atoms with E-state index in [2.05, 4.69) is 27.4 Å². The van der Waals surface area contributed by atoms with Crippen molar-refractivity contribution in [1.29, 1.82) is 5.26 Å². The monoisotopic (exact) mass is 482 g/mol. The van der Waals surface area contributed by atoms with E-state index in [1.165, 1.54) is 6.20 Å². The number of halogens is 2. The third kappa shape index (κ3) is 5.16. The largest absolute Gasteiger partial charge is 0.404 e. The van der Waals surface area contributed by atoms with E-state index < -0.39 is 11.3 Å². The Labute approximate surface area is 205 Å². The maximum Gasteiger partial charge on any atom is 0.0954 e. The number of rotatable bonds is 5. The molecule has 1 aromatic rings. The Morgan fingerprint density at radius 1 is 1.36 bits per heavy atom. The maximum absolute atomic E-state index is 9.86. The minimum Gasteiger partial charge on any atom is -0.404 e. The van der Waals surface area contributed by atoms with E-state index >= 15 is 0 Å². The standard InChI is InChI=1S/C25H28Cl2N6/c1-16-22(17(11-28)9-18(12-29)25-23(26)3-2-4-24(25)27)10-19(13-31-16)20-14-32-33(15-20)21-5-7-30-8-6-21/h2-4,9-11,13-14,20-21,23,25,30H,5-8,15,28H2,1H3/b17-11-,18-9-. The van der Waals surface area contributed by atoms with Crippen molar-refractivity contribution in [3.05, 3.63) is 70.2 Å². The van der Waals surface area contributed by atoms with Crippen molar-refractivity contribution in [1.82, 2.24) is 15.3 Å². The van der Waals surface area contributed by atoms with Gasteiger partial charge in [0.15, 0.2) is 0 Å². The van der Waals surface area contributed by atoms with Crippen molar-refractivity contribution in [3.8, 4) is 6.07 Å². The number of hydrogen-bond donors (Lipinski definition) is 2. The Balaban J connectivity index is 1.58. The van der Waals surface area contributed by atoms with Gasteiger partial charge in [-0.15, -0.1) is 11.6 Å². The summed E-state index contributed by atoms with van der Waals surface area (Å²) in [6.07, 6.45) is 14.8. The molecule has 2 aliphatic heterocycles. The quantitative estimate of drug-likeness (QED) is 0.372. The lowest BCUT2D eigenvalue weighted by atomic mass is 9.89. The average molecular weight is 483 g/mol. The van der Waals surface area contributed by atoms with Crippen molar-refractivity contribution in [3.63, 3.8) is 0 Å². The molecule has 6 nitrogen and oxygen atoms in total. The van der Waals surface area contributed by atoms with Gasteiger partial charge in [-0.3, -0.25) is 9.99 Å². The second-order valence-corrected chi connectivity index (χ2v) is 9.51. The molecule has 3 aliphatic rings. The molecule has 33 heavy (non-hydrogen) atoms. The van der Waals surface area contributed by atoms with Gasteiger partial charge in [0, 0.05) is 64.9 Å². The summed E-state index contributed by atoms with van der Waals surface area (Å²) < 4.78 is 0. The molecule has 0 radical (unpaired) electrons. The maximum atomic E-state index is 9.86. The van der Waals surface area contributed by atoms with Gasteiger partial charge in [-0.25, -0.2) is 0 Å². The minimum absolute atomic E-state index is 0.165. The number of aryl methyl sites for hydroxylation is 1. The number of nitriles is 1. The molecule has 3 N–H and O–H groups in total. The number of nitrogens with one attached hydrogen (secondary N) is 1. The molecule has 0 aromatic carbocycles. The number of pyridine rings is 1. The predicted octanol–water partition coefficient (Wildman–Crippen LogP) is 4.19. The Morgan fingerprint density at radius 3 is 2.85 bits per heavy atom. The van der Waals surface area contributed by atoms with Crippen LogP contribution in [0.25, 0.3) is 5.57 Å². The summed E-state index contributed by atoms with van der Waals surface area (Å²) >= 11 is 12.8. The van der Waals surface area contributed by atoms with Crippen LogP contribution in [-0.4, -0.2) is 47.3 Å². The van der Waals surface area contributed by atoms with Crippen molar-refractivity contribution < 1.29 is 0 Å². The number of allylic oxidation sites excluding steroid dienone is 7. The fraction of sp³-hybridized carbons (Fsp3) is 0.400. The van der Waals surface area contributed by atoms with Crippen LogP contribution in [0.2, 0.25) is 0 Å². The molecule has 0 bridgehead atoms. The van der Waals surface area contributed by atoms with E-state index in [0.717, 1.165) is 49.3 Å². The lowest BCUT2D eigenvalue weighted by Gasteiger charge is -2.30. The molecule has 3 atom stereocenters. The van der Waals surface area contributed by atoms with E-state index in [4.69, 9.17) is 34.0 Å². The molecular weight excluding hydrogens is 455 g/mol. The zero-order chi connectivity index (χ0) is 23.4. The minimum atomic E-state index is -0.407. The highest BCUT2D eigenvalue weighted by atomic mass is 35.5. The van der Waals surface area contributed by atoms with Crippen LogP contribution < -0.4 is 11.1 Å². The van der Waals surface area contributed by atoms with Crippen LogP contribution in [0.15, 0.2) is 58.5 Å². The van der Waals surface area contributed by atoms with E-state index in [0.29, 0.717) is 22.2 Å². The van der Waals surface area contributed by atoms with E-state index in [-0.39, 0.29) is 5.92 Å². The third-order valence-electron chi connectivity index (χ3n) is 6.48. The van der Waals surface area contributed by atoms with Gasteiger partial charge >= 0.3 is 0 Å². The van der Waals surface area contributed by atoms with E-state index in [9.17, 15) is 5.26 Å². The van der Waals surface area contributed by atoms with Gasteiger partial charge in [-0.05, 0) is 62.2 Å². The zero-order valence-corrected chi connectivity index (χ0v) is 20.1. The summed E-state index contributed by atoms with van der Waals surface area (Å²) in [4.78, 5) is 4.63. The summed E-state index contributed by atoms with van der Waals surface area (Å²) in [5.74, 6) is -0.242. The highest BCUT2D eigenvalue weighted by Gasteiger charge is 2.29. The number of aromatic nitrogens is 1. The van der Waals surface area contributed by atoms with Crippen LogP contribution in [0.1, 0.15) is 35.6 Å². The molecule has 1 aromatic heterocycles. The smallest absolute Gasteiger partial charge is 0.0954 e. The first kappa shape index (κ1) is 23.6. The molecular formula is C25H28Cl2N6. The summed E-state index contributed by atoms with van der Waals surface area (Å²) in [7, 11) is 0. The topological polar surface area (TPSA) is 90.3 Å². The van der Waals surface area contributed by atoms with Crippen molar-refractivity contribution >= 4 is 35.0 Å². The Kier molecular flexibility index (Phi) is 7.54. The average Bonchev–Trinajstić information content (AvgIpc) is 3.32. The number of hydrazone groups is 1. The van der Waals surface area contributed by atoms with Gasteiger partial charge in [0.05, 0.1) is 11.4 Å². The van der Waals surface area contributed by atoms with Crippen molar-refractivity contribution in [2.75, 3.05) is 19.6 Å². The fourth-order valence-corrected chi connectivity index (χ4v) is 5.31. The predicted molar refractivity (Wildman–Crippen MR) is 135 cm³/mol. The van der Waals surface area contributed by atoms with Crippen LogP contribution in [0.3, 0.4) is 0 Å². The van der Waals surface area contributed by atoms with Crippen LogP contribution in [0.4, 0.5) is 0 Å². The van der Waals surface area contributed by atoms with Gasteiger partial charge in [0.1, 0.15) is 0 Å². The second-order valence-electron chi connectivity index (χ2n) is 8.57. The normalized spacial score (nSPS) is 26.4.